The predicted octanol–water partition coefficient (Wildman–Crippen LogP) is 6.39. The van der Waals surface area contributed by atoms with Crippen LogP contribution in [0.4, 0.5) is 4.79 Å². The van der Waals surface area contributed by atoms with Crippen LogP contribution in [-0.4, -0.2) is 28.4 Å². The first kappa shape index (κ1) is 23.5. The van der Waals surface area contributed by atoms with Crippen LogP contribution in [0.15, 0.2) is 66.7 Å². The monoisotopic (exact) mass is 501 g/mol. The average Bonchev–Trinajstić information content (AvgIpc) is 3.07. The standard InChI is InChI=1S/C25H21Cl2NO4S/c1-31-22-12-18(6-11-21(22)32-15-17-4-9-20(27)10-5-17)13-23-24(29)28(25(30)33-23)14-16-2-7-19(26)8-3-16/h2-12,23H,13-15H2,1H3/t23-/m1/s1. The fourth-order valence-electron chi connectivity index (χ4n) is 3.46. The summed E-state index contributed by atoms with van der Waals surface area (Å²) in [5, 5.41) is 0.565. The van der Waals surface area contributed by atoms with Gasteiger partial charge < -0.3 is 9.47 Å². The second-order valence-electron chi connectivity index (χ2n) is 7.53. The van der Waals surface area contributed by atoms with E-state index in [9.17, 15) is 9.59 Å². The van der Waals surface area contributed by atoms with Gasteiger partial charge in [-0.1, -0.05) is 65.3 Å². The second-order valence-corrected chi connectivity index (χ2v) is 9.55. The molecule has 0 aliphatic carbocycles. The Morgan fingerprint density at radius 2 is 1.45 bits per heavy atom. The lowest BCUT2D eigenvalue weighted by Gasteiger charge is -2.15. The Morgan fingerprint density at radius 1 is 0.848 bits per heavy atom. The van der Waals surface area contributed by atoms with E-state index in [2.05, 4.69) is 0 Å². The third kappa shape index (κ3) is 5.82. The molecule has 0 radical (unpaired) electrons. The number of thioether (sulfide) groups is 1. The van der Waals surface area contributed by atoms with Crippen LogP contribution in [0.1, 0.15) is 16.7 Å². The van der Waals surface area contributed by atoms with Crippen LogP contribution in [0.5, 0.6) is 11.5 Å². The van der Waals surface area contributed by atoms with E-state index >= 15 is 0 Å². The lowest BCUT2D eigenvalue weighted by atomic mass is 10.1. The normalized spacial score (nSPS) is 15.7. The molecule has 170 valence electrons. The Morgan fingerprint density at radius 3 is 2.09 bits per heavy atom. The van der Waals surface area contributed by atoms with Gasteiger partial charge in [0, 0.05) is 10.0 Å². The SMILES string of the molecule is COc1cc(C[C@H]2SC(=O)N(Cc3ccc(Cl)cc3)C2=O)ccc1OCc1ccc(Cl)cc1. The van der Waals surface area contributed by atoms with Gasteiger partial charge in [0.05, 0.1) is 18.9 Å². The molecule has 1 saturated heterocycles. The highest BCUT2D eigenvalue weighted by Gasteiger charge is 2.39. The summed E-state index contributed by atoms with van der Waals surface area (Å²) in [6.07, 6.45) is 0.417. The van der Waals surface area contributed by atoms with Crippen LogP contribution < -0.4 is 9.47 Å². The Labute approximate surface area is 206 Å². The third-order valence-corrected chi connectivity index (χ3v) is 6.79. The van der Waals surface area contributed by atoms with E-state index in [0.29, 0.717) is 34.6 Å². The van der Waals surface area contributed by atoms with Crippen molar-refractivity contribution >= 4 is 46.1 Å². The summed E-state index contributed by atoms with van der Waals surface area (Å²) in [6, 6.07) is 20.1. The fraction of sp³-hybridized carbons (Fsp3) is 0.200. The van der Waals surface area contributed by atoms with E-state index in [-0.39, 0.29) is 17.7 Å². The van der Waals surface area contributed by atoms with Gasteiger partial charge in [-0.3, -0.25) is 14.5 Å². The van der Waals surface area contributed by atoms with E-state index in [1.807, 2.05) is 54.6 Å². The maximum atomic E-state index is 12.9. The van der Waals surface area contributed by atoms with Gasteiger partial charge in [0.15, 0.2) is 11.5 Å². The van der Waals surface area contributed by atoms with Crippen molar-refractivity contribution in [2.45, 2.75) is 24.8 Å². The summed E-state index contributed by atoms with van der Waals surface area (Å²) in [4.78, 5) is 26.6. The molecule has 1 aliphatic rings. The molecule has 8 heteroatoms. The van der Waals surface area contributed by atoms with Crippen LogP contribution in [0.25, 0.3) is 0 Å². The maximum Gasteiger partial charge on any atom is 0.289 e. The molecule has 33 heavy (non-hydrogen) atoms. The zero-order chi connectivity index (χ0) is 23.4. The van der Waals surface area contributed by atoms with Crippen molar-refractivity contribution in [1.29, 1.82) is 0 Å². The van der Waals surface area contributed by atoms with Gasteiger partial charge in [-0.2, -0.15) is 0 Å². The highest BCUT2D eigenvalue weighted by Crippen LogP contribution is 2.34. The molecule has 1 fully saturated rings. The summed E-state index contributed by atoms with van der Waals surface area (Å²) in [5.74, 6) is 0.977. The minimum absolute atomic E-state index is 0.193. The molecule has 3 aromatic carbocycles. The first-order chi connectivity index (χ1) is 15.9. The molecule has 3 aromatic rings. The summed E-state index contributed by atoms with van der Waals surface area (Å²) in [5.41, 5.74) is 2.72. The second kappa shape index (κ2) is 10.5. The maximum absolute atomic E-state index is 12.9. The molecule has 0 spiro atoms. The number of methoxy groups -OCH3 is 1. The van der Waals surface area contributed by atoms with E-state index in [4.69, 9.17) is 32.7 Å². The molecule has 0 unspecified atom stereocenters. The molecular weight excluding hydrogens is 481 g/mol. The molecule has 1 aliphatic heterocycles. The molecular formula is C25H21Cl2NO4S. The van der Waals surface area contributed by atoms with Crippen molar-refractivity contribution in [3.63, 3.8) is 0 Å². The Bertz CT molecular complexity index is 1150. The van der Waals surface area contributed by atoms with Crippen LogP contribution in [-0.2, 0) is 24.4 Å². The van der Waals surface area contributed by atoms with Crippen LogP contribution >= 0.6 is 35.0 Å². The lowest BCUT2D eigenvalue weighted by Crippen LogP contribution is -2.31. The first-order valence-electron chi connectivity index (χ1n) is 10.2. The number of imide groups is 1. The quantitative estimate of drug-likeness (QED) is 0.358. The highest BCUT2D eigenvalue weighted by atomic mass is 35.5. The molecule has 1 heterocycles. The number of rotatable bonds is 8. The number of amides is 2. The number of benzene rings is 3. The van der Waals surface area contributed by atoms with E-state index in [1.54, 1.807) is 19.2 Å². The lowest BCUT2D eigenvalue weighted by molar-refractivity contribution is -0.127. The van der Waals surface area contributed by atoms with Crippen molar-refractivity contribution in [3.05, 3.63) is 93.5 Å². The fourth-order valence-corrected chi connectivity index (χ4v) is 4.74. The number of ether oxygens (including phenoxy) is 2. The Hall–Kier alpha value is -2.67. The Kier molecular flexibility index (Phi) is 7.48. The van der Waals surface area contributed by atoms with Crippen molar-refractivity contribution in [2.75, 3.05) is 7.11 Å². The van der Waals surface area contributed by atoms with Gasteiger partial charge >= 0.3 is 0 Å². The summed E-state index contributed by atoms with van der Waals surface area (Å²) in [6.45, 7) is 0.608. The van der Waals surface area contributed by atoms with Crippen LogP contribution in [0.2, 0.25) is 10.0 Å². The largest absolute Gasteiger partial charge is 0.493 e. The van der Waals surface area contributed by atoms with Gasteiger partial charge in [0.1, 0.15) is 6.61 Å². The van der Waals surface area contributed by atoms with E-state index < -0.39 is 5.25 Å². The van der Waals surface area contributed by atoms with Crippen LogP contribution in [0.3, 0.4) is 0 Å². The van der Waals surface area contributed by atoms with E-state index in [0.717, 1.165) is 28.5 Å². The van der Waals surface area contributed by atoms with Crippen molar-refractivity contribution in [2.24, 2.45) is 0 Å². The number of carbonyl (C=O) groups is 2. The van der Waals surface area contributed by atoms with Gasteiger partial charge in [-0.05, 0) is 59.5 Å². The number of hydrogen-bond acceptors (Lipinski definition) is 5. The van der Waals surface area contributed by atoms with Gasteiger partial charge in [-0.25, -0.2) is 0 Å². The number of halogens is 2. The summed E-state index contributed by atoms with van der Waals surface area (Å²) < 4.78 is 11.4. The van der Waals surface area contributed by atoms with Crippen LogP contribution in [0, 0.1) is 0 Å². The van der Waals surface area contributed by atoms with Gasteiger partial charge in [0.2, 0.25) is 5.91 Å². The molecule has 0 aromatic heterocycles. The van der Waals surface area contributed by atoms with Gasteiger partial charge in [0.25, 0.3) is 5.24 Å². The molecule has 0 N–H and O–H groups in total. The predicted molar refractivity (Wildman–Crippen MR) is 131 cm³/mol. The average molecular weight is 502 g/mol. The summed E-state index contributed by atoms with van der Waals surface area (Å²) in [7, 11) is 1.57. The number of nitrogens with zero attached hydrogens (tertiary/aromatic N) is 1. The zero-order valence-corrected chi connectivity index (χ0v) is 20.1. The number of carbonyl (C=O) groups excluding carboxylic acids is 2. The molecule has 2 amide bonds. The van der Waals surface area contributed by atoms with Crippen molar-refractivity contribution in [3.8, 4) is 11.5 Å². The smallest absolute Gasteiger partial charge is 0.289 e. The first-order valence-corrected chi connectivity index (χ1v) is 11.9. The molecule has 0 saturated carbocycles. The number of hydrogen-bond donors (Lipinski definition) is 0. The van der Waals surface area contributed by atoms with Crippen molar-refractivity contribution in [1.82, 2.24) is 4.90 Å². The van der Waals surface area contributed by atoms with Crippen molar-refractivity contribution < 1.29 is 19.1 Å². The molecule has 0 bridgehead atoms. The molecule has 1 atom stereocenters. The third-order valence-electron chi connectivity index (χ3n) is 5.22. The topological polar surface area (TPSA) is 55.8 Å². The molecule has 5 nitrogen and oxygen atoms in total. The summed E-state index contributed by atoms with van der Waals surface area (Å²) >= 11 is 12.9. The highest BCUT2D eigenvalue weighted by molar-refractivity contribution is 8.15. The Balaban J connectivity index is 1.40. The zero-order valence-electron chi connectivity index (χ0n) is 17.8. The van der Waals surface area contributed by atoms with E-state index in [1.165, 1.54) is 4.90 Å². The molecule has 4 rings (SSSR count). The minimum Gasteiger partial charge on any atom is -0.493 e. The minimum atomic E-state index is -0.477. The van der Waals surface area contributed by atoms with Gasteiger partial charge in [-0.15, -0.1) is 0 Å².